The van der Waals surface area contributed by atoms with E-state index in [1.807, 2.05) is 61.5 Å². The minimum atomic E-state index is -0.624. The third-order valence-electron chi connectivity index (χ3n) is 5.63. The smallest absolute Gasteiger partial charge is 0.288 e. The van der Waals surface area contributed by atoms with E-state index in [2.05, 4.69) is 12.2 Å². The summed E-state index contributed by atoms with van der Waals surface area (Å²) >= 11 is 5.91. The molecular weight excluding hydrogens is 454 g/mol. The molecule has 0 aliphatic heterocycles. The molecule has 0 bridgehead atoms. The Balaban J connectivity index is 1.80. The molecule has 3 aromatic carbocycles. The van der Waals surface area contributed by atoms with E-state index in [0.717, 1.165) is 12.0 Å². The number of hydrogen-bond acceptors (Lipinski definition) is 4. The second-order valence-electron chi connectivity index (χ2n) is 7.86. The fraction of sp³-hybridized carbons (Fsp3) is 0.231. The maximum atomic E-state index is 13.4. The molecule has 0 saturated heterocycles. The number of carbonyl (C=O) groups is 2. The average molecular weight is 480 g/mol. The topological polar surface area (TPSA) is 92.6 Å². The van der Waals surface area contributed by atoms with Crippen LogP contribution in [-0.2, 0) is 11.2 Å². The number of hydrogen-bond donors (Lipinski definition) is 1. The van der Waals surface area contributed by atoms with Gasteiger partial charge in [0.25, 0.3) is 11.6 Å². The maximum absolute atomic E-state index is 13.4. The van der Waals surface area contributed by atoms with Crippen LogP contribution in [-0.4, -0.2) is 28.2 Å². The Morgan fingerprint density at radius 2 is 1.74 bits per heavy atom. The van der Waals surface area contributed by atoms with Crippen molar-refractivity contribution in [1.82, 2.24) is 4.90 Å². The Bertz CT molecular complexity index is 1170. The zero-order valence-corrected chi connectivity index (χ0v) is 19.8. The number of amides is 2. The van der Waals surface area contributed by atoms with Crippen LogP contribution in [0.3, 0.4) is 0 Å². The van der Waals surface area contributed by atoms with Crippen LogP contribution in [0.1, 0.15) is 47.8 Å². The SMILES string of the molecule is CCc1ccc(NC(=O)CCN(C(=O)c2ccc(Cl)c([N+](=O)[O-])c2)C(C)c2ccccc2)cc1. The fourth-order valence-electron chi connectivity index (χ4n) is 3.60. The van der Waals surface area contributed by atoms with Gasteiger partial charge in [-0.3, -0.25) is 19.7 Å². The van der Waals surface area contributed by atoms with E-state index in [1.165, 1.54) is 23.8 Å². The van der Waals surface area contributed by atoms with Crippen LogP contribution in [0.4, 0.5) is 11.4 Å². The van der Waals surface area contributed by atoms with Crippen LogP contribution in [0.15, 0.2) is 72.8 Å². The first-order chi connectivity index (χ1) is 16.3. The van der Waals surface area contributed by atoms with Gasteiger partial charge < -0.3 is 10.2 Å². The van der Waals surface area contributed by atoms with E-state index >= 15 is 0 Å². The van der Waals surface area contributed by atoms with E-state index in [9.17, 15) is 19.7 Å². The third kappa shape index (κ3) is 6.20. The van der Waals surface area contributed by atoms with E-state index in [1.54, 1.807) is 4.90 Å². The molecule has 0 aromatic heterocycles. The highest BCUT2D eigenvalue weighted by molar-refractivity contribution is 6.32. The molecule has 1 N–H and O–H groups in total. The number of nitro groups is 1. The van der Waals surface area contributed by atoms with Gasteiger partial charge in [-0.2, -0.15) is 0 Å². The Morgan fingerprint density at radius 3 is 2.35 bits per heavy atom. The molecule has 0 aliphatic carbocycles. The Morgan fingerprint density at radius 1 is 1.06 bits per heavy atom. The minimum Gasteiger partial charge on any atom is -0.331 e. The van der Waals surface area contributed by atoms with Crippen LogP contribution >= 0.6 is 11.6 Å². The summed E-state index contributed by atoms with van der Waals surface area (Å²) in [6, 6.07) is 20.6. The maximum Gasteiger partial charge on any atom is 0.288 e. The molecule has 8 heteroatoms. The lowest BCUT2D eigenvalue weighted by molar-refractivity contribution is -0.384. The van der Waals surface area contributed by atoms with Gasteiger partial charge in [0.1, 0.15) is 5.02 Å². The number of carbonyl (C=O) groups excluding carboxylic acids is 2. The van der Waals surface area contributed by atoms with Gasteiger partial charge in [-0.05, 0) is 48.7 Å². The van der Waals surface area contributed by atoms with Crippen molar-refractivity contribution < 1.29 is 14.5 Å². The predicted molar refractivity (Wildman–Crippen MR) is 133 cm³/mol. The molecule has 2 amide bonds. The number of aryl methyl sites for hydroxylation is 1. The highest BCUT2D eigenvalue weighted by Gasteiger charge is 2.25. The third-order valence-corrected chi connectivity index (χ3v) is 5.95. The normalized spacial score (nSPS) is 11.5. The van der Waals surface area contributed by atoms with Crippen LogP contribution < -0.4 is 5.32 Å². The van der Waals surface area contributed by atoms with Gasteiger partial charge in [0.05, 0.1) is 11.0 Å². The average Bonchev–Trinajstić information content (AvgIpc) is 2.85. The molecule has 7 nitrogen and oxygen atoms in total. The van der Waals surface area contributed by atoms with E-state index in [-0.39, 0.29) is 41.2 Å². The van der Waals surface area contributed by atoms with Gasteiger partial charge in [0, 0.05) is 30.3 Å². The van der Waals surface area contributed by atoms with E-state index < -0.39 is 10.8 Å². The highest BCUT2D eigenvalue weighted by atomic mass is 35.5. The van der Waals surface area contributed by atoms with Crippen LogP contribution in [0.5, 0.6) is 0 Å². The molecule has 1 unspecified atom stereocenters. The summed E-state index contributed by atoms with van der Waals surface area (Å²) < 4.78 is 0. The molecule has 0 saturated carbocycles. The molecule has 1 atom stereocenters. The molecule has 0 radical (unpaired) electrons. The fourth-order valence-corrected chi connectivity index (χ4v) is 3.79. The van der Waals surface area contributed by atoms with Crippen LogP contribution in [0.25, 0.3) is 0 Å². The number of nitrogens with zero attached hydrogens (tertiary/aromatic N) is 2. The number of rotatable bonds is 9. The molecule has 0 spiro atoms. The molecule has 0 fully saturated rings. The molecule has 0 aliphatic rings. The first-order valence-corrected chi connectivity index (χ1v) is 11.4. The summed E-state index contributed by atoms with van der Waals surface area (Å²) in [6.07, 6.45) is 0.972. The molecular formula is C26H26ClN3O4. The quantitative estimate of drug-likeness (QED) is 0.299. The van der Waals surface area contributed by atoms with Crippen molar-refractivity contribution in [3.05, 3.63) is 105 Å². The van der Waals surface area contributed by atoms with Gasteiger partial charge >= 0.3 is 0 Å². The molecule has 176 valence electrons. The molecule has 34 heavy (non-hydrogen) atoms. The van der Waals surface area contributed by atoms with Crippen LogP contribution in [0.2, 0.25) is 5.02 Å². The Hall–Kier alpha value is -3.71. The van der Waals surface area contributed by atoms with Gasteiger partial charge in [-0.25, -0.2) is 0 Å². The van der Waals surface area contributed by atoms with Crippen molar-refractivity contribution >= 4 is 34.8 Å². The molecule has 0 heterocycles. The summed E-state index contributed by atoms with van der Waals surface area (Å²) in [5, 5.41) is 14.1. The number of nitrogens with one attached hydrogen (secondary N) is 1. The predicted octanol–water partition coefficient (Wildman–Crippen LogP) is 6.04. The van der Waals surface area contributed by atoms with Gasteiger partial charge in [0.15, 0.2) is 0 Å². The number of halogens is 1. The van der Waals surface area contributed by atoms with Crippen molar-refractivity contribution in [3.8, 4) is 0 Å². The largest absolute Gasteiger partial charge is 0.331 e. The summed E-state index contributed by atoms with van der Waals surface area (Å²) in [7, 11) is 0. The van der Waals surface area contributed by atoms with Gasteiger partial charge in [-0.15, -0.1) is 0 Å². The van der Waals surface area contributed by atoms with Crippen molar-refractivity contribution in [2.24, 2.45) is 0 Å². The first kappa shape index (κ1) is 24.9. The van der Waals surface area contributed by atoms with Gasteiger partial charge in [0.2, 0.25) is 5.91 Å². The standard InChI is InChI=1S/C26H26ClN3O4/c1-3-19-9-12-22(13-10-19)28-25(31)15-16-29(18(2)20-7-5-4-6-8-20)26(32)21-11-14-23(27)24(17-21)30(33)34/h4-14,17-18H,3,15-16H2,1-2H3,(H,28,31). The Labute approximate surface area is 203 Å². The first-order valence-electron chi connectivity index (χ1n) is 11.0. The minimum absolute atomic E-state index is 0.0438. The van der Waals surface area contributed by atoms with Gasteiger partial charge in [-0.1, -0.05) is 61.0 Å². The molecule has 3 rings (SSSR count). The summed E-state index contributed by atoms with van der Waals surface area (Å²) in [4.78, 5) is 38.3. The van der Waals surface area contributed by atoms with E-state index in [0.29, 0.717) is 5.69 Å². The summed E-state index contributed by atoms with van der Waals surface area (Å²) in [6.45, 7) is 4.05. The van der Waals surface area contributed by atoms with Crippen molar-refractivity contribution in [1.29, 1.82) is 0 Å². The van der Waals surface area contributed by atoms with E-state index in [4.69, 9.17) is 11.6 Å². The zero-order chi connectivity index (χ0) is 24.7. The zero-order valence-electron chi connectivity index (χ0n) is 19.0. The number of nitro benzene ring substituents is 1. The second kappa shape index (κ2) is 11.4. The summed E-state index contributed by atoms with van der Waals surface area (Å²) in [5.41, 5.74) is 2.53. The van der Waals surface area contributed by atoms with Crippen molar-refractivity contribution in [3.63, 3.8) is 0 Å². The van der Waals surface area contributed by atoms with Crippen molar-refractivity contribution in [2.45, 2.75) is 32.7 Å². The highest BCUT2D eigenvalue weighted by Crippen LogP contribution is 2.28. The van der Waals surface area contributed by atoms with Crippen LogP contribution in [0, 0.1) is 10.1 Å². The lowest BCUT2D eigenvalue weighted by Gasteiger charge is -2.30. The Kier molecular flexibility index (Phi) is 8.38. The lowest BCUT2D eigenvalue weighted by Crippen LogP contribution is -2.36. The lowest BCUT2D eigenvalue weighted by atomic mass is 10.0. The summed E-state index contributed by atoms with van der Waals surface area (Å²) in [5.74, 6) is -0.652. The molecule has 3 aromatic rings. The van der Waals surface area contributed by atoms with Crippen molar-refractivity contribution in [2.75, 3.05) is 11.9 Å². The monoisotopic (exact) mass is 479 g/mol. The number of anilines is 1. The number of benzene rings is 3. The second-order valence-corrected chi connectivity index (χ2v) is 8.26.